The van der Waals surface area contributed by atoms with Gasteiger partial charge in [0, 0.05) is 5.69 Å². The molecular formula is C21H21NO3. The second kappa shape index (κ2) is 9.23. The largest absolute Gasteiger partial charge is 0.457 e. The van der Waals surface area contributed by atoms with Gasteiger partial charge >= 0.3 is 5.97 Å². The summed E-state index contributed by atoms with van der Waals surface area (Å²) in [5, 5.41) is 0. The molecule has 0 radical (unpaired) electrons. The van der Waals surface area contributed by atoms with Gasteiger partial charge in [-0.25, -0.2) is 4.79 Å². The minimum Gasteiger partial charge on any atom is -0.457 e. The molecule has 128 valence electrons. The van der Waals surface area contributed by atoms with Gasteiger partial charge in [-0.15, -0.1) is 0 Å². The first kappa shape index (κ1) is 18.2. The van der Waals surface area contributed by atoms with Crippen molar-refractivity contribution in [1.29, 1.82) is 0 Å². The highest BCUT2D eigenvalue weighted by atomic mass is 16.5. The maximum Gasteiger partial charge on any atom is 0.341 e. The molecule has 0 atom stereocenters. The first-order valence-corrected chi connectivity index (χ1v) is 8.08. The topological polar surface area (TPSA) is 59.2 Å². The molecule has 25 heavy (non-hydrogen) atoms. The summed E-state index contributed by atoms with van der Waals surface area (Å²) >= 11 is 0. The third-order valence-corrected chi connectivity index (χ3v) is 3.68. The van der Waals surface area contributed by atoms with E-state index in [1.165, 1.54) is 0 Å². The Labute approximate surface area is 147 Å². The van der Waals surface area contributed by atoms with E-state index in [1.54, 1.807) is 12.2 Å². The van der Waals surface area contributed by atoms with E-state index in [1.807, 2.05) is 55.5 Å². The van der Waals surface area contributed by atoms with Crippen LogP contribution in [0.2, 0.25) is 0 Å². The number of hydrogen-bond acceptors (Lipinski definition) is 3. The number of nitrogens with one attached hydrogen (secondary N) is 1. The molecule has 1 N–H and O–H groups in total. The minimum absolute atomic E-state index is 0.166. The molecule has 0 spiro atoms. The van der Waals surface area contributed by atoms with E-state index in [4.69, 9.17) is 4.74 Å². The van der Waals surface area contributed by atoms with Crippen LogP contribution in [0.4, 0.5) is 0 Å². The van der Waals surface area contributed by atoms with Gasteiger partial charge in [0.15, 0.2) is 6.29 Å². The molecule has 2 rings (SSSR count). The maximum absolute atomic E-state index is 12.5. The van der Waals surface area contributed by atoms with E-state index >= 15 is 0 Å². The van der Waals surface area contributed by atoms with Gasteiger partial charge in [0.1, 0.15) is 6.61 Å². The predicted molar refractivity (Wildman–Crippen MR) is 99.5 cm³/mol. The number of ether oxygens (including phenoxy) is 1. The number of H-pyrrole nitrogens is 1. The van der Waals surface area contributed by atoms with Crippen LogP contribution in [0.15, 0.2) is 61.2 Å². The van der Waals surface area contributed by atoms with Crippen molar-refractivity contribution in [1.82, 2.24) is 4.98 Å². The maximum atomic E-state index is 12.5. The van der Waals surface area contributed by atoms with Crippen molar-refractivity contribution in [3.8, 4) is 0 Å². The fraction of sp³-hybridized carbons (Fsp3) is 0.143. The van der Waals surface area contributed by atoms with Gasteiger partial charge in [0.25, 0.3) is 0 Å². The Morgan fingerprint density at radius 3 is 2.56 bits per heavy atom. The monoisotopic (exact) mass is 335 g/mol. The normalized spacial score (nSPS) is 11.1. The van der Waals surface area contributed by atoms with Crippen LogP contribution in [0.3, 0.4) is 0 Å². The predicted octanol–water partition coefficient (Wildman–Crippen LogP) is 4.50. The molecule has 0 aliphatic carbocycles. The lowest BCUT2D eigenvalue weighted by atomic mass is 10.1. The Kier molecular flexibility index (Phi) is 6.72. The van der Waals surface area contributed by atoms with E-state index in [2.05, 4.69) is 11.6 Å². The van der Waals surface area contributed by atoms with Crippen LogP contribution >= 0.6 is 0 Å². The van der Waals surface area contributed by atoms with Crippen LogP contribution < -0.4 is 0 Å². The number of aromatic nitrogens is 1. The Hall–Kier alpha value is -3.14. The van der Waals surface area contributed by atoms with E-state index < -0.39 is 5.97 Å². The molecule has 0 fully saturated rings. The molecule has 1 aromatic heterocycles. The third-order valence-electron chi connectivity index (χ3n) is 3.68. The van der Waals surface area contributed by atoms with Crippen molar-refractivity contribution in [2.45, 2.75) is 20.0 Å². The molecule has 0 aliphatic rings. The number of aromatic amines is 1. The van der Waals surface area contributed by atoms with Crippen molar-refractivity contribution >= 4 is 18.3 Å². The number of allylic oxidation sites excluding steroid dienone is 4. The van der Waals surface area contributed by atoms with E-state index in [0.717, 1.165) is 16.8 Å². The highest BCUT2D eigenvalue weighted by Crippen LogP contribution is 2.22. The van der Waals surface area contributed by atoms with E-state index in [-0.39, 0.29) is 12.3 Å². The third kappa shape index (κ3) is 4.67. The number of carbonyl (C=O) groups is 2. The molecule has 1 aromatic carbocycles. The molecule has 4 nitrogen and oxygen atoms in total. The van der Waals surface area contributed by atoms with Crippen molar-refractivity contribution in [2.24, 2.45) is 0 Å². The molecule has 0 bridgehead atoms. The van der Waals surface area contributed by atoms with Crippen molar-refractivity contribution in [3.63, 3.8) is 0 Å². The first-order valence-electron chi connectivity index (χ1n) is 8.08. The van der Waals surface area contributed by atoms with Gasteiger partial charge in [0.05, 0.1) is 11.3 Å². The number of hydrogen-bond donors (Lipinski definition) is 1. The number of esters is 1. The Morgan fingerprint density at radius 1 is 1.16 bits per heavy atom. The van der Waals surface area contributed by atoms with Crippen LogP contribution in [0.5, 0.6) is 0 Å². The highest BCUT2D eigenvalue weighted by Gasteiger charge is 2.22. The summed E-state index contributed by atoms with van der Waals surface area (Å²) in [5.74, 6) is -0.500. The van der Waals surface area contributed by atoms with Crippen LogP contribution in [-0.2, 0) is 17.8 Å². The van der Waals surface area contributed by atoms with E-state index in [0.29, 0.717) is 18.3 Å². The quantitative estimate of drug-likeness (QED) is 0.439. The van der Waals surface area contributed by atoms with Gasteiger partial charge in [-0.3, -0.25) is 4.79 Å². The highest BCUT2D eigenvalue weighted by molar-refractivity contribution is 6.00. The molecule has 0 saturated carbocycles. The van der Waals surface area contributed by atoms with Crippen molar-refractivity contribution in [3.05, 3.63) is 89.3 Å². The second-order valence-corrected chi connectivity index (χ2v) is 5.32. The van der Waals surface area contributed by atoms with E-state index in [9.17, 15) is 9.59 Å². The van der Waals surface area contributed by atoms with Crippen LogP contribution in [-0.4, -0.2) is 17.2 Å². The second-order valence-electron chi connectivity index (χ2n) is 5.32. The van der Waals surface area contributed by atoms with Gasteiger partial charge in [0.2, 0.25) is 0 Å². The number of benzene rings is 1. The number of carbonyl (C=O) groups excluding carboxylic acids is 2. The summed E-state index contributed by atoms with van der Waals surface area (Å²) in [7, 11) is 0. The van der Waals surface area contributed by atoms with Crippen molar-refractivity contribution in [2.75, 3.05) is 0 Å². The Morgan fingerprint density at radius 2 is 1.92 bits per heavy atom. The molecule has 0 amide bonds. The summed E-state index contributed by atoms with van der Waals surface area (Å²) in [5.41, 5.74) is 2.93. The average molecular weight is 335 g/mol. The Balaban J connectivity index is 2.25. The summed E-state index contributed by atoms with van der Waals surface area (Å²) in [6.45, 7) is 5.70. The average Bonchev–Trinajstić information content (AvgIpc) is 3.02. The van der Waals surface area contributed by atoms with Crippen molar-refractivity contribution < 1.29 is 14.3 Å². The zero-order valence-electron chi connectivity index (χ0n) is 14.2. The van der Waals surface area contributed by atoms with Crippen LogP contribution in [0.25, 0.3) is 6.08 Å². The summed E-state index contributed by atoms with van der Waals surface area (Å²) in [6.07, 6.45) is 10.2. The van der Waals surface area contributed by atoms with Crippen LogP contribution in [0, 0.1) is 0 Å². The lowest BCUT2D eigenvalue weighted by Gasteiger charge is -2.06. The summed E-state index contributed by atoms with van der Waals surface area (Å²) in [6, 6.07) is 9.43. The SMILES string of the molecule is C=C/C=C\C=C\c1[nH]c(C=O)c(C(=O)OCc2ccccc2)c1CC. The fourth-order valence-electron chi connectivity index (χ4n) is 2.50. The summed E-state index contributed by atoms with van der Waals surface area (Å²) in [4.78, 5) is 26.9. The van der Waals surface area contributed by atoms with Gasteiger partial charge in [-0.05, 0) is 23.6 Å². The van der Waals surface area contributed by atoms with Gasteiger partial charge in [-0.1, -0.05) is 68.1 Å². The number of aldehydes is 1. The molecule has 4 heteroatoms. The lowest BCUT2D eigenvalue weighted by molar-refractivity contribution is 0.0470. The zero-order valence-corrected chi connectivity index (χ0v) is 14.2. The molecular weight excluding hydrogens is 314 g/mol. The Bertz CT molecular complexity index is 798. The molecule has 2 aromatic rings. The van der Waals surface area contributed by atoms with Gasteiger partial charge in [-0.2, -0.15) is 0 Å². The molecule has 0 saturated heterocycles. The smallest absolute Gasteiger partial charge is 0.341 e. The zero-order chi connectivity index (χ0) is 18.1. The number of rotatable bonds is 8. The molecule has 0 aliphatic heterocycles. The first-order chi connectivity index (χ1) is 12.2. The fourth-order valence-corrected chi connectivity index (χ4v) is 2.50. The van der Waals surface area contributed by atoms with Crippen LogP contribution in [0.1, 0.15) is 44.6 Å². The standard InChI is InChI=1S/C21H21NO3/c1-3-5-6-10-13-18-17(4-2)20(19(14-23)22-18)21(24)25-15-16-11-8-7-9-12-16/h3,5-14,22H,1,4,15H2,2H3/b6-5-,13-10+. The molecule has 0 unspecified atom stereocenters. The minimum atomic E-state index is -0.500. The molecule has 1 heterocycles. The summed E-state index contributed by atoms with van der Waals surface area (Å²) < 4.78 is 5.39. The van der Waals surface area contributed by atoms with Gasteiger partial charge < -0.3 is 9.72 Å². The lowest BCUT2D eigenvalue weighted by Crippen LogP contribution is -2.09.